The Morgan fingerprint density at radius 2 is 2.09 bits per heavy atom. The van der Waals surface area contributed by atoms with Gasteiger partial charge in [0.1, 0.15) is 11.9 Å². The standard InChI is InChI=1S/C24H28N6O2S/c1-15-8-9-16(2)17(12-15)19-13-20-23-26-27-24(29(23)10-11-30(20)28-19)33-14-22(31)25-18-6-4-5-7-21(18)32-3/h4-12,19-20,23,26,28H,13-14H2,1-3H3,(H,25,31). The Hall–Kier alpha value is -3.17. The first-order valence-electron chi connectivity index (χ1n) is 11.0. The van der Waals surface area contributed by atoms with Gasteiger partial charge < -0.3 is 20.0 Å². The zero-order valence-electron chi connectivity index (χ0n) is 18.9. The molecule has 0 aliphatic carbocycles. The number of nitrogens with zero attached hydrogens (tertiary/aromatic N) is 3. The molecule has 8 nitrogen and oxygen atoms in total. The van der Waals surface area contributed by atoms with Crippen molar-refractivity contribution in [3.63, 3.8) is 0 Å². The van der Waals surface area contributed by atoms with Crippen LogP contribution in [0.1, 0.15) is 29.2 Å². The van der Waals surface area contributed by atoms with E-state index in [2.05, 4.69) is 69.4 Å². The van der Waals surface area contributed by atoms with Crippen molar-refractivity contribution in [2.24, 2.45) is 5.10 Å². The van der Waals surface area contributed by atoms with Crippen LogP contribution in [0.2, 0.25) is 0 Å². The molecule has 3 unspecified atom stereocenters. The van der Waals surface area contributed by atoms with E-state index in [-0.39, 0.29) is 29.9 Å². The molecule has 1 fully saturated rings. The molecule has 3 aliphatic heterocycles. The third-order valence-electron chi connectivity index (χ3n) is 6.23. The highest BCUT2D eigenvalue weighted by Gasteiger charge is 2.44. The van der Waals surface area contributed by atoms with E-state index in [1.807, 2.05) is 30.5 Å². The zero-order valence-corrected chi connectivity index (χ0v) is 19.7. The average Bonchev–Trinajstić information content (AvgIpc) is 3.43. The fourth-order valence-corrected chi connectivity index (χ4v) is 5.33. The number of amides is 1. The summed E-state index contributed by atoms with van der Waals surface area (Å²) < 4.78 is 5.31. The normalized spacial score (nSPS) is 23.0. The number of hydrazone groups is 1. The number of aryl methyl sites for hydroxylation is 2. The van der Waals surface area contributed by atoms with Crippen molar-refractivity contribution in [2.45, 2.75) is 38.5 Å². The second kappa shape index (κ2) is 8.99. The Morgan fingerprint density at radius 3 is 2.94 bits per heavy atom. The molecule has 3 heterocycles. The number of ether oxygens (including phenoxy) is 1. The average molecular weight is 465 g/mol. The summed E-state index contributed by atoms with van der Waals surface area (Å²) in [6.45, 7) is 4.30. The van der Waals surface area contributed by atoms with E-state index in [1.54, 1.807) is 7.11 Å². The second-order valence-electron chi connectivity index (χ2n) is 8.46. The topological polar surface area (TPSA) is 81.2 Å². The highest BCUT2D eigenvalue weighted by Crippen LogP contribution is 2.36. The van der Waals surface area contributed by atoms with E-state index in [0.29, 0.717) is 11.4 Å². The first-order valence-corrected chi connectivity index (χ1v) is 12.0. The Kier molecular flexibility index (Phi) is 5.90. The van der Waals surface area contributed by atoms with Crippen LogP contribution in [0.5, 0.6) is 5.75 Å². The van der Waals surface area contributed by atoms with Gasteiger partial charge in [-0.3, -0.25) is 10.2 Å². The number of hydrogen-bond acceptors (Lipinski definition) is 8. The lowest BCUT2D eigenvalue weighted by Gasteiger charge is -2.36. The van der Waals surface area contributed by atoms with Crippen LogP contribution in [0.25, 0.3) is 0 Å². The predicted octanol–water partition coefficient (Wildman–Crippen LogP) is 3.29. The minimum atomic E-state index is -0.101. The van der Waals surface area contributed by atoms with E-state index >= 15 is 0 Å². The lowest BCUT2D eigenvalue weighted by atomic mass is 9.95. The molecule has 172 valence electrons. The molecule has 0 aromatic heterocycles. The summed E-state index contributed by atoms with van der Waals surface area (Å²) >= 11 is 1.42. The molecule has 3 aliphatic rings. The van der Waals surface area contributed by atoms with Crippen molar-refractivity contribution in [3.05, 3.63) is 71.6 Å². The molecule has 9 heteroatoms. The van der Waals surface area contributed by atoms with Crippen molar-refractivity contribution < 1.29 is 9.53 Å². The number of amidine groups is 1. The van der Waals surface area contributed by atoms with Gasteiger partial charge in [-0.2, -0.15) is 5.10 Å². The van der Waals surface area contributed by atoms with Gasteiger partial charge in [0, 0.05) is 12.4 Å². The number of fused-ring (bicyclic) bond motifs is 3. The van der Waals surface area contributed by atoms with Gasteiger partial charge in [0.2, 0.25) is 5.91 Å². The van der Waals surface area contributed by atoms with E-state index in [4.69, 9.17) is 4.74 Å². The van der Waals surface area contributed by atoms with E-state index < -0.39 is 0 Å². The molecule has 1 saturated heterocycles. The van der Waals surface area contributed by atoms with Crippen LogP contribution >= 0.6 is 11.8 Å². The van der Waals surface area contributed by atoms with Crippen molar-refractivity contribution in [1.82, 2.24) is 20.8 Å². The Bertz CT molecular complexity index is 1120. The van der Waals surface area contributed by atoms with Gasteiger partial charge in [0.15, 0.2) is 5.17 Å². The number of thioether (sulfide) groups is 1. The van der Waals surface area contributed by atoms with Gasteiger partial charge in [-0.25, -0.2) is 5.43 Å². The highest BCUT2D eigenvalue weighted by molar-refractivity contribution is 8.14. The summed E-state index contributed by atoms with van der Waals surface area (Å²) in [5.74, 6) is 0.797. The van der Waals surface area contributed by atoms with Crippen molar-refractivity contribution in [3.8, 4) is 5.75 Å². The van der Waals surface area contributed by atoms with Crippen LogP contribution in [-0.4, -0.2) is 46.1 Å². The van der Waals surface area contributed by atoms with Gasteiger partial charge in [-0.05, 0) is 43.5 Å². The SMILES string of the molecule is COc1ccccc1NC(=O)CSC1=NNC2C3CC(c4cc(C)ccc4C)NN3C=CN12. The van der Waals surface area contributed by atoms with E-state index in [1.165, 1.54) is 28.5 Å². The number of methoxy groups -OCH3 is 1. The number of carbonyl (C=O) groups is 1. The molecule has 2 aromatic carbocycles. The Labute approximate surface area is 198 Å². The van der Waals surface area contributed by atoms with Crippen molar-refractivity contribution >= 4 is 28.5 Å². The first kappa shape index (κ1) is 21.7. The maximum Gasteiger partial charge on any atom is 0.234 e. The van der Waals surface area contributed by atoms with Crippen LogP contribution in [0.3, 0.4) is 0 Å². The summed E-state index contributed by atoms with van der Waals surface area (Å²) in [4.78, 5) is 14.6. The molecule has 0 spiro atoms. The zero-order chi connectivity index (χ0) is 22.9. The van der Waals surface area contributed by atoms with Gasteiger partial charge in [0.25, 0.3) is 0 Å². The first-order chi connectivity index (χ1) is 16.0. The maximum atomic E-state index is 12.5. The van der Waals surface area contributed by atoms with E-state index in [9.17, 15) is 4.79 Å². The van der Waals surface area contributed by atoms with Crippen molar-refractivity contribution in [1.29, 1.82) is 0 Å². The Balaban J connectivity index is 1.20. The van der Waals surface area contributed by atoms with Crippen molar-refractivity contribution in [2.75, 3.05) is 18.2 Å². The number of rotatable bonds is 5. The number of anilines is 1. The summed E-state index contributed by atoms with van der Waals surface area (Å²) in [6, 6.07) is 14.5. The summed E-state index contributed by atoms with van der Waals surface area (Å²) in [7, 11) is 1.59. The molecule has 0 bridgehead atoms. The van der Waals surface area contributed by atoms with Gasteiger partial charge in [0.05, 0.1) is 30.6 Å². The van der Waals surface area contributed by atoms with Crippen LogP contribution in [0.15, 0.2) is 60.0 Å². The van der Waals surface area contributed by atoms with Crippen LogP contribution in [0, 0.1) is 13.8 Å². The number of nitrogens with one attached hydrogen (secondary N) is 3. The third kappa shape index (κ3) is 4.26. The second-order valence-corrected chi connectivity index (χ2v) is 9.41. The largest absolute Gasteiger partial charge is 0.495 e. The molecule has 33 heavy (non-hydrogen) atoms. The molecule has 0 saturated carbocycles. The maximum absolute atomic E-state index is 12.5. The third-order valence-corrected chi connectivity index (χ3v) is 7.20. The molecule has 0 radical (unpaired) electrons. The summed E-state index contributed by atoms with van der Waals surface area (Å²) in [6.07, 6.45) is 5.07. The summed E-state index contributed by atoms with van der Waals surface area (Å²) in [5, 5.41) is 10.4. The summed E-state index contributed by atoms with van der Waals surface area (Å²) in [5.41, 5.74) is 11.5. The number of carbonyl (C=O) groups excluding carboxylic acids is 1. The quantitative estimate of drug-likeness (QED) is 0.627. The molecule has 1 amide bonds. The molecule has 5 rings (SSSR count). The molecular weight excluding hydrogens is 436 g/mol. The minimum absolute atomic E-state index is 0.0254. The fraction of sp³-hybridized carbons (Fsp3) is 0.333. The number of hydrogen-bond donors (Lipinski definition) is 3. The lowest BCUT2D eigenvalue weighted by Crippen LogP contribution is -2.54. The van der Waals surface area contributed by atoms with Gasteiger partial charge in [-0.15, -0.1) is 0 Å². The number of benzene rings is 2. The molecule has 3 N–H and O–H groups in total. The predicted molar refractivity (Wildman–Crippen MR) is 131 cm³/mol. The molecule has 2 aromatic rings. The van der Waals surface area contributed by atoms with Crippen LogP contribution < -0.4 is 20.9 Å². The number of para-hydroxylation sites is 2. The molecular formula is C24H28N6O2S. The van der Waals surface area contributed by atoms with E-state index in [0.717, 1.165) is 11.6 Å². The van der Waals surface area contributed by atoms with Crippen LogP contribution in [-0.2, 0) is 4.79 Å². The van der Waals surface area contributed by atoms with Gasteiger partial charge in [-0.1, -0.05) is 47.7 Å². The van der Waals surface area contributed by atoms with Crippen LogP contribution in [0.4, 0.5) is 5.69 Å². The lowest BCUT2D eigenvalue weighted by molar-refractivity contribution is -0.113. The van der Waals surface area contributed by atoms with Gasteiger partial charge >= 0.3 is 0 Å². The number of hydrazine groups is 1. The Morgan fingerprint density at radius 1 is 1.24 bits per heavy atom. The molecule has 3 atom stereocenters. The minimum Gasteiger partial charge on any atom is -0.495 e. The monoisotopic (exact) mass is 464 g/mol. The highest BCUT2D eigenvalue weighted by atomic mass is 32.2. The fourth-order valence-electron chi connectivity index (χ4n) is 4.55. The smallest absolute Gasteiger partial charge is 0.234 e.